The van der Waals surface area contributed by atoms with Crippen LogP contribution >= 0.6 is 0 Å². The number of nitrogens with one attached hydrogen (secondary N) is 1. The molecule has 3 rings (SSSR count). The molecule has 6 nitrogen and oxygen atoms in total. The molecular formula is C15H14N4O2. The molecule has 0 aliphatic heterocycles. The molecule has 0 atom stereocenters. The zero-order valence-corrected chi connectivity index (χ0v) is 11.4. The minimum absolute atomic E-state index is 0.157. The molecule has 1 aromatic heterocycles. The molecule has 0 fully saturated rings. The predicted molar refractivity (Wildman–Crippen MR) is 81.7 cm³/mol. The highest BCUT2D eigenvalue weighted by Gasteiger charge is 2.05. The second-order valence-corrected chi connectivity index (χ2v) is 4.60. The molecule has 0 amide bonds. The number of nitrogens with zero attached hydrogens (tertiary/aromatic N) is 3. The smallest absolute Gasteiger partial charge is 0.224 e. The summed E-state index contributed by atoms with van der Waals surface area (Å²) < 4.78 is 1.90. The molecule has 0 spiro atoms. The lowest BCUT2D eigenvalue weighted by Crippen LogP contribution is -1.98. The molecule has 3 aromatic rings. The fourth-order valence-corrected chi connectivity index (χ4v) is 2.03. The number of rotatable bonds is 3. The average Bonchev–Trinajstić information content (AvgIpc) is 2.80. The normalized spacial score (nSPS) is 11.3. The van der Waals surface area contributed by atoms with Gasteiger partial charge in [0.05, 0.1) is 17.2 Å². The van der Waals surface area contributed by atoms with Crippen molar-refractivity contribution in [2.75, 3.05) is 5.43 Å². The zero-order chi connectivity index (χ0) is 14.8. The van der Waals surface area contributed by atoms with Crippen molar-refractivity contribution < 1.29 is 10.2 Å². The largest absolute Gasteiger partial charge is 0.504 e. The summed E-state index contributed by atoms with van der Waals surface area (Å²) in [4.78, 5) is 4.42. The number of benzene rings is 2. The van der Waals surface area contributed by atoms with Gasteiger partial charge in [-0.25, -0.2) is 10.4 Å². The Hall–Kier alpha value is -3.02. The van der Waals surface area contributed by atoms with E-state index in [2.05, 4.69) is 15.5 Å². The van der Waals surface area contributed by atoms with Crippen LogP contribution in [-0.2, 0) is 7.05 Å². The SMILES string of the molecule is Cn1c(N/N=C\c2ccc(O)c(O)c2)nc2ccccc21. The van der Waals surface area contributed by atoms with Crippen LogP contribution in [0.2, 0.25) is 0 Å². The highest BCUT2D eigenvalue weighted by Crippen LogP contribution is 2.24. The number of fused-ring (bicyclic) bond motifs is 1. The molecule has 0 saturated carbocycles. The van der Waals surface area contributed by atoms with E-state index in [1.807, 2.05) is 35.9 Å². The van der Waals surface area contributed by atoms with Gasteiger partial charge in [-0.3, -0.25) is 0 Å². The number of phenolic OH excluding ortho intramolecular Hbond substituents is 2. The van der Waals surface area contributed by atoms with Crippen LogP contribution in [-0.4, -0.2) is 26.0 Å². The standard InChI is InChI=1S/C15H14N4O2/c1-19-12-5-3-2-4-11(12)17-15(19)18-16-9-10-6-7-13(20)14(21)8-10/h2-9,20-21H,1H3,(H,17,18)/b16-9-. The molecule has 0 bridgehead atoms. The number of anilines is 1. The van der Waals surface area contributed by atoms with E-state index in [1.54, 1.807) is 12.3 Å². The van der Waals surface area contributed by atoms with Crippen molar-refractivity contribution in [2.45, 2.75) is 0 Å². The molecule has 106 valence electrons. The first-order chi connectivity index (χ1) is 10.1. The number of imidazole rings is 1. The van der Waals surface area contributed by atoms with Crippen molar-refractivity contribution >= 4 is 23.2 Å². The molecule has 0 aliphatic carbocycles. The Kier molecular flexibility index (Phi) is 3.19. The molecule has 3 N–H and O–H groups in total. The van der Waals surface area contributed by atoms with Gasteiger partial charge in [0.1, 0.15) is 0 Å². The average molecular weight is 282 g/mol. The van der Waals surface area contributed by atoms with Crippen LogP contribution in [0.25, 0.3) is 11.0 Å². The number of aryl methyl sites for hydroxylation is 1. The van der Waals surface area contributed by atoms with Crippen LogP contribution in [0.3, 0.4) is 0 Å². The van der Waals surface area contributed by atoms with Crippen LogP contribution in [0.15, 0.2) is 47.6 Å². The van der Waals surface area contributed by atoms with Gasteiger partial charge in [0.15, 0.2) is 11.5 Å². The second kappa shape index (κ2) is 5.16. The van der Waals surface area contributed by atoms with E-state index in [1.165, 1.54) is 12.1 Å². The summed E-state index contributed by atoms with van der Waals surface area (Å²) in [5.41, 5.74) is 5.43. The second-order valence-electron chi connectivity index (χ2n) is 4.60. The lowest BCUT2D eigenvalue weighted by atomic mass is 10.2. The van der Waals surface area contributed by atoms with E-state index in [-0.39, 0.29) is 11.5 Å². The number of aromatic hydroxyl groups is 2. The lowest BCUT2D eigenvalue weighted by Gasteiger charge is -2.01. The van der Waals surface area contributed by atoms with Crippen LogP contribution in [0, 0.1) is 0 Å². The Morgan fingerprint density at radius 1 is 1.14 bits per heavy atom. The molecule has 1 heterocycles. The van der Waals surface area contributed by atoms with Crippen molar-refractivity contribution in [3.63, 3.8) is 0 Å². The Morgan fingerprint density at radius 2 is 1.95 bits per heavy atom. The van der Waals surface area contributed by atoms with Gasteiger partial charge in [0.2, 0.25) is 5.95 Å². The van der Waals surface area contributed by atoms with Crippen LogP contribution in [0.5, 0.6) is 11.5 Å². The maximum atomic E-state index is 9.41. The van der Waals surface area contributed by atoms with E-state index >= 15 is 0 Å². The van der Waals surface area contributed by atoms with Gasteiger partial charge in [0.25, 0.3) is 0 Å². The van der Waals surface area contributed by atoms with E-state index in [0.717, 1.165) is 11.0 Å². The summed E-state index contributed by atoms with van der Waals surface area (Å²) in [6.07, 6.45) is 1.54. The lowest BCUT2D eigenvalue weighted by molar-refractivity contribution is 0.403. The fourth-order valence-electron chi connectivity index (χ4n) is 2.03. The molecule has 21 heavy (non-hydrogen) atoms. The van der Waals surface area contributed by atoms with Gasteiger partial charge in [0, 0.05) is 7.05 Å². The van der Waals surface area contributed by atoms with Crippen molar-refractivity contribution in [1.29, 1.82) is 0 Å². The van der Waals surface area contributed by atoms with Gasteiger partial charge in [-0.2, -0.15) is 5.10 Å². The van der Waals surface area contributed by atoms with Crippen LogP contribution in [0.4, 0.5) is 5.95 Å². The highest BCUT2D eigenvalue weighted by atomic mass is 16.3. The van der Waals surface area contributed by atoms with Crippen LogP contribution < -0.4 is 5.43 Å². The molecule has 0 aliphatic rings. The molecule has 0 radical (unpaired) electrons. The first-order valence-corrected chi connectivity index (χ1v) is 6.37. The summed E-state index contributed by atoms with van der Waals surface area (Å²) in [6.45, 7) is 0. The van der Waals surface area contributed by atoms with Gasteiger partial charge in [-0.15, -0.1) is 0 Å². The highest BCUT2D eigenvalue weighted by molar-refractivity contribution is 5.82. The maximum absolute atomic E-state index is 9.41. The minimum Gasteiger partial charge on any atom is -0.504 e. The third kappa shape index (κ3) is 2.51. The fraction of sp³-hybridized carbons (Fsp3) is 0.0667. The Bertz CT molecular complexity index is 824. The number of para-hydroxylation sites is 2. The van der Waals surface area contributed by atoms with Gasteiger partial charge in [-0.05, 0) is 35.9 Å². The summed E-state index contributed by atoms with van der Waals surface area (Å²) in [7, 11) is 1.90. The third-order valence-electron chi connectivity index (χ3n) is 3.16. The quantitative estimate of drug-likeness (QED) is 0.391. The van der Waals surface area contributed by atoms with E-state index in [9.17, 15) is 10.2 Å². The molecule has 6 heteroatoms. The monoisotopic (exact) mass is 282 g/mol. The van der Waals surface area contributed by atoms with E-state index in [0.29, 0.717) is 11.5 Å². The van der Waals surface area contributed by atoms with Crippen molar-refractivity contribution in [3.05, 3.63) is 48.0 Å². The third-order valence-corrected chi connectivity index (χ3v) is 3.16. The summed E-state index contributed by atoms with van der Waals surface area (Å²) >= 11 is 0. The maximum Gasteiger partial charge on any atom is 0.224 e. The Balaban J connectivity index is 1.81. The van der Waals surface area contributed by atoms with Crippen LogP contribution in [0.1, 0.15) is 5.56 Å². The number of hydrogen-bond acceptors (Lipinski definition) is 5. The number of hydrazone groups is 1. The molecular weight excluding hydrogens is 268 g/mol. The predicted octanol–water partition coefficient (Wildman–Crippen LogP) is 2.43. The molecule has 2 aromatic carbocycles. The van der Waals surface area contributed by atoms with Crippen molar-refractivity contribution in [1.82, 2.24) is 9.55 Å². The summed E-state index contributed by atoms with van der Waals surface area (Å²) in [5.74, 6) is 0.285. The van der Waals surface area contributed by atoms with Gasteiger partial charge >= 0.3 is 0 Å². The number of phenols is 2. The zero-order valence-electron chi connectivity index (χ0n) is 11.4. The van der Waals surface area contributed by atoms with Crippen molar-refractivity contribution in [3.8, 4) is 11.5 Å². The topological polar surface area (TPSA) is 82.7 Å². The van der Waals surface area contributed by atoms with Crippen molar-refractivity contribution in [2.24, 2.45) is 12.1 Å². The molecule has 0 saturated heterocycles. The first kappa shape index (κ1) is 13.0. The Morgan fingerprint density at radius 3 is 2.71 bits per heavy atom. The van der Waals surface area contributed by atoms with E-state index in [4.69, 9.17) is 0 Å². The minimum atomic E-state index is -0.179. The van der Waals surface area contributed by atoms with E-state index < -0.39 is 0 Å². The number of hydrogen-bond donors (Lipinski definition) is 3. The van der Waals surface area contributed by atoms with Gasteiger partial charge in [-0.1, -0.05) is 12.1 Å². The first-order valence-electron chi connectivity index (χ1n) is 6.37. The van der Waals surface area contributed by atoms with Gasteiger partial charge < -0.3 is 14.8 Å². The number of aromatic nitrogens is 2. The summed E-state index contributed by atoms with van der Waals surface area (Å²) in [6, 6.07) is 12.3. The molecule has 0 unspecified atom stereocenters. The summed E-state index contributed by atoms with van der Waals surface area (Å²) in [5, 5.41) is 22.7. The Labute approximate surface area is 121 Å².